The van der Waals surface area contributed by atoms with Gasteiger partial charge in [0.05, 0.1) is 29.3 Å². The van der Waals surface area contributed by atoms with Crippen LogP contribution >= 0.6 is 11.6 Å². The summed E-state index contributed by atoms with van der Waals surface area (Å²) < 4.78 is 5.41. The number of rotatable bonds is 4. The molecule has 0 saturated carbocycles. The van der Waals surface area contributed by atoms with Crippen LogP contribution in [0.4, 0.5) is 5.69 Å². The fourth-order valence-electron chi connectivity index (χ4n) is 4.30. The topological polar surface area (TPSA) is 79.7 Å². The van der Waals surface area contributed by atoms with Gasteiger partial charge in [0.2, 0.25) is 0 Å². The number of aryl methyl sites for hydroxylation is 3. The zero-order valence-corrected chi connectivity index (χ0v) is 19.5. The highest BCUT2D eigenvalue weighted by Gasteiger charge is 2.47. The summed E-state index contributed by atoms with van der Waals surface area (Å²) in [6.07, 6.45) is 3.19. The lowest BCUT2D eigenvalue weighted by Crippen LogP contribution is -2.29. The molecule has 0 bridgehead atoms. The largest absolute Gasteiger partial charge is 0.507 e. The minimum absolute atomic E-state index is 0.0490. The van der Waals surface area contributed by atoms with E-state index in [2.05, 4.69) is 4.98 Å². The van der Waals surface area contributed by atoms with E-state index < -0.39 is 17.7 Å². The minimum Gasteiger partial charge on any atom is -0.507 e. The summed E-state index contributed by atoms with van der Waals surface area (Å²) in [6.45, 7) is 5.66. The Bertz CT molecular complexity index is 1280. The van der Waals surface area contributed by atoms with Gasteiger partial charge in [0.1, 0.15) is 11.5 Å². The number of aliphatic hydroxyl groups excluding tert-OH is 1. The summed E-state index contributed by atoms with van der Waals surface area (Å²) in [5, 5.41) is 11.7. The second-order valence-corrected chi connectivity index (χ2v) is 8.54. The van der Waals surface area contributed by atoms with E-state index in [9.17, 15) is 14.7 Å². The van der Waals surface area contributed by atoms with Crippen molar-refractivity contribution in [3.63, 3.8) is 0 Å². The van der Waals surface area contributed by atoms with Crippen molar-refractivity contribution < 1.29 is 19.4 Å². The number of amides is 1. The van der Waals surface area contributed by atoms with E-state index in [4.69, 9.17) is 16.3 Å². The van der Waals surface area contributed by atoms with Crippen LogP contribution in [-0.4, -0.2) is 28.9 Å². The molecule has 2 heterocycles. The average molecular weight is 463 g/mol. The smallest absolute Gasteiger partial charge is 0.300 e. The lowest BCUT2D eigenvalue weighted by molar-refractivity contribution is -0.132. The summed E-state index contributed by atoms with van der Waals surface area (Å²) in [6, 6.07) is 11.7. The van der Waals surface area contributed by atoms with Crippen LogP contribution < -0.4 is 9.64 Å². The number of methoxy groups -OCH3 is 1. The first-order valence-corrected chi connectivity index (χ1v) is 10.7. The normalized spacial score (nSPS) is 17.5. The second kappa shape index (κ2) is 8.71. The Labute approximate surface area is 197 Å². The molecule has 1 fully saturated rings. The molecule has 1 aliphatic heterocycles. The number of hydrogen-bond acceptors (Lipinski definition) is 5. The molecule has 0 radical (unpaired) electrons. The van der Waals surface area contributed by atoms with Gasteiger partial charge in [-0.1, -0.05) is 23.7 Å². The first-order valence-electron chi connectivity index (χ1n) is 10.4. The molecule has 0 aliphatic carbocycles. The lowest BCUT2D eigenvalue weighted by Gasteiger charge is -2.26. The van der Waals surface area contributed by atoms with Crippen LogP contribution in [0.25, 0.3) is 5.76 Å². The fourth-order valence-corrected chi connectivity index (χ4v) is 4.65. The maximum atomic E-state index is 13.3. The summed E-state index contributed by atoms with van der Waals surface area (Å²) in [4.78, 5) is 32.2. The highest BCUT2D eigenvalue weighted by molar-refractivity contribution is 6.51. The number of benzene rings is 2. The number of aromatic nitrogens is 1. The lowest BCUT2D eigenvalue weighted by atomic mass is 9.95. The molecule has 7 heteroatoms. The fraction of sp³-hybridized carbons (Fsp3) is 0.192. The standard InChI is InChI=1S/C26H23ClN2O4/c1-14-8-15(2)10-18(9-14)29-22(17-6-5-7-28-13-17)21(24(31)26(29)32)23(30)19-11-16(3)12-20(27)25(19)33-4/h5-13,22,30H,1-4H3/b23-21+. The zero-order chi connectivity index (χ0) is 23.9. The second-order valence-electron chi connectivity index (χ2n) is 8.13. The number of hydrogen-bond donors (Lipinski definition) is 1. The van der Waals surface area contributed by atoms with Crippen LogP contribution in [0.3, 0.4) is 0 Å². The van der Waals surface area contributed by atoms with Crippen molar-refractivity contribution in [1.29, 1.82) is 0 Å². The SMILES string of the molecule is COc1c(Cl)cc(C)cc1/C(O)=C1\C(=O)C(=O)N(c2cc(C)cc(C)c2)C1c1cccnc1. The number of nitrogens with zero attached hydrogens (tertiary/aromatic N) is 2. The van der Waals surface area contributed by atoms with Crippen LogP contribution in [0.5, 0.6) is 5.75 Å². The molecule has 4 rings (SSSR count). The summed E-state index contributed by atoms with van der Waals surface area (Å²) in [5.74, 6) is -1.65. The van der Waals surface area contributed by atoms with Crippen molar-refractivity contribution >= 4 is 34.7 Å². The van der Waals surface area contributed by atoms with Gasteiger partial charge in [-0.2, -0.15) is 0 Å². The van der Waals surface area contributed by atoms with Gasteiger partial charge < -0.3 is 9.84 Å². The molecule has 168 valence electrons. The third-order valence-electron chi connectivity index (χ3n) is 5.58. The Morgan fingerprint density at radius 1 is 1.06 bits per heavy atom. The molecular weight excluding hydrogens is 440 g/mol. The molecule has 33 heavy (non-hydrogen) atoms. The number of aliphatic hydroxyl groups is 1. The van der Waals surface area contributed by atoms with Crippen molar-refractivity contribution in [1.82, 2.24) is 4.98 Å². The highest BCUT2D eigenvalue weighted by Crippen LogP contribution is 2.44. The molecule has 1 amide bonds. The van der Waals surface area contributed by atoms with E-state index >= 15 is 0 Å². The molecule has 0 spiro atoms. The maximum absolute atomic E-state index is 13.3. The number of ketones is 1. The molecule has 2 aromatic carbocycles. The summed E-state index contributed by atoms with van der Waals surface area (Å²) in [5.41, 5.74) is 4.02. The number of anilines is 1. The van der Waals surface area contributed by atoms with Crippen LogP contribution in [0.1, 0.15) is 33.9 Å². The molecule has 1 aliphatic rings. The summed E-state index contributed by atoms with van der Waals surface area (Å²) in [7, 11) is 1.43. The number of pyridine rings is 1. The van der Waals surface area contributed by atoms with Crippen molar-refractivity contribution in [2.24, 2.45) is 0 Å². The quantitative estimate of drug-likeness (QED) is 0.323. The van der Waals surface area contributed by atoms with Gasteiger partial charge in [-0.05, 0) is 73.4 Å². The van der Waals surface area contributed by atoms with Crippen LogP contribution in [0.2, 0.25) is 5.02 Å². The van der Waals surface area contributed by atoms with E-state index in [1.165, 1.54) is 12.0 Å². The third kappa shape index (κ3) is 3.98. The van der Waals surface area contributed by atoms with Crippen molar-refractivity contribution in [2.45, 2.75) is 26.8 Å². The first-order chi connectivity index (χ1) is 15.7. The predicted octanol–water partition coefficient (Wildman–Crippen LogP) is 5.30. The van der Waals surface area contributed by atoms with Gasteiger partial charge in [0.25, 0.3) is 11.7 Å². The Balaban J connectivity index is 2.02. The number of carbonyl (C=O) groups excluding carboxylic acids is 2. The van der Waals surface area contributed by atoms with Gasteiger partial charge in [0.15, 0.2) is 0 Å². The van der Waals surface area contributed by atoms with E-state index in [-0.39, 0.29) is 22.6 Å². The maximum Gasteiger partial charge on any atom is 0.300 e. The molecular formula is C26H23ClN2O4. The Kier molecular flexibility index (Phi) is 5.95. The van der Waals surface area contributed by atoms with Crippen LogP contribution in [-0.2, 0) is 9.59 Å². The molecule has 1 saturated heterocycles. The monoisotopic (exact) mass is 462 g/mol. The van der Waals surface area contributed by atoms with Gasteiger partial charge in [-0.25, -0.2) is 0 Å². The van der Waals surface area contributed by atoms with E-state index in [0.717, 1.165) is 16.7 Å². The molecule has 1 N–H and O–H groups in total. The molecule has 3 aromatic rings. The van der Waals surface area contributed by atoms with E-state index in [0.29, 0.717) is 16.3 Å². The van der Waals surface area contributed by atoms with Crippen LogP contribution in [0, 0.1) is 20.8 Å². The Morgan fingerprint density at radius 3 is 2.33 bits per heavy atom. The Hall–Kier alpha value is -3.64. The predicted molar refractivity (Wildman–Crippen MR) is 128 cm³/mol. The van der Waals surface area contributed by atoms with E-state index in [1.54, 1.807) is 36.7 Å². The first kappa shape index (κ1) is 22.6. The minimum atomic E-state index is -0.871. The number of Topliss-reactive ketones (excluding diaryl/α,β-unsaturated/α-hetero) is 1. The Morgan fingerprint density at radius 2 is 1.73 bits per heavy atom. The third-order valence-corrected chi connectivity index (χ3v) is 5.86. The average Bonchev–Trinajstić information content (AvgIpc) is 3.03. The summed E-state index contributed by atoms with van der Waals surface area (Å²) >= 11 is 6.33. The molecule has 1 atom stereocenters. The van der Waals surface area contributed by atoms with Crippen LogP contribution in [0.15, 0.2) is 60.4 Å². The van der Waals surface area contributed by atoms with Gasteiger partial charge in [0, 0.05) is 18.1 Å². The number of ether oxygens (including phenoxy) is 1. The van der Waals surface area contributed by atoms with Gasteiger partial charge in [-0.15, -0.1) is 0 Å². The molecule has 6 nitrogen and oxygen atoms in total. The van der Waals surface area contributed by atoms with Crippen molar-refractivity contribution in [2.75, 3.05) is 12.0 Å². The van der Waals surface area contributed by atoms with Crippen molar-refractivity contribution in [3.05, 3.63) is 93.3 Å². The molecule has 1 aromatic heterocycles. The van der Waals surface area contributed by atoms with Gasteiger partial charge >= 0.3 is 0 Å². The van der Waals surface area contributed by atoms with Crippen molar-refractivity contribution in [3.8, 4) is 5.75 Å². The van der Waals surface area contributed by atoms with Gasteiger partial charge in [-0.3, -0.25) is 19.5 Å². The molecule has 1 unspecified atom stereocenters. The number of carbonyl (C=O) groups is 2. The highest BCUT2D eigenvalue weighted by atomic mass is 35.5. The van der Waals surface area contributed by atoms with E-state index in [1.807, 2.05) is 39.0 Å². The zero-order valence-electron chi connectivity index (χ0n) is 18.7. The number of halogens is 1.